The van der Waals surface area contributed by atoms with Gasteiger partial charge in [0.1, 0.15) is 27.7 Å². The number of ketones is 3. The maximum absolute atomic E-state index is 11.6. The molecule has 0 radical (unpaired) electrons. The van der Waals surface area contributed by atoms with Gasteiger partial charge in [-0.3, -0.25) is 62.3 Å². The number of nitrogens with two attached hydrogens (primary N) is 4. The molecule has 5 amide bonds. The zero-order chi connectivity index (χ0) is 80.5. The molecular weight excluding hydrogens is 1520 g/mol. The summed E-state index contributed by atoms with van der Waals surface area (Å²) < 4.78 is 24.0. The third kappa shape index (κ3) is 55.9. The van der Waals surface area contributed by atoms with Crippen LogP contribution in [-0.4, -0.2) is 170 Å². The summed E-state index contributed by atoms with van der Waals surface area (Å²) in [4.78, 5) is 164. The summed E-state index contributed by atoms with van der Waals surface area (Å²) in [6, 6.07) is 0. The Labute approximate surface area is 659 Å². The van der Waals surface area contributed by atoms with Crippen LogP contribution in [0.5, 0.6) is 0 Å². The molecule has 2 aromatic heterocycles. The zero-order valence-electron chi connectivity index (χ0n) is 64.3. The molecule has 0 saturated carbocycles. The van der Waals surface area contributed by atoms with Crippen LogP contribution in [0, 0.1) is 5.92 Å². The first-order valence-electron chi connectivity index (χ1n) is 32.1. The Bertz CT molecular complexity index is 3090. The van der Waals surface area contributed by atoms with Gasteiger partial charge in [-0.15, -0.1) is 17.9 Å². The largest absolute Gasteiger partial charge is 1.00 e. The molecule has 0 aliphatic carbocycles. The SMILES string of the molecule is CC1(C)CC(=O)CC(=O)N1.CC1(C)Cc2nc(Br)sc2C(=O)N1.CC1(C)Cc2nc(N)sc2C(=O)N1.CCOC(=O)C1C(=O)CC(C)(C)NC1=O.CCOC(=O)C=C(C)C.CCOC(=O)CC(=O)Cl.CCOC(=O)CC(C)(C)N.CCOC(=O)CC(C)(C)NC(=O)CC(C)=O.CC[O-].N.NC(N)=S.[Na+]. The number of amides is 5. The van der Waals surface area contributed by atoms with Crippen LogP contribution in [0.4, 0.5) is 5.13 Å². The first-order chi connectivity index (χ1) is 46.5. The van der Waals surface area contributed by atoms with Crippen molar-refractivity contribution >= 4 is 155 Å². The summed E-state index contributed by atoms with van der Waals surface area (Å²) in [6.45, 7) is 39.0. The minimum Gasteiger partial charge on any atom is -0.855 e. The average Bonchev–Trinajstić information content (AvgIpc) is 1.55. The van der Waals surface area contributed by atoms with Gasteiger partial charge in [0.05, 0.1) is 70.1 Å². The number of aromatic nitrogens is 2. The molecule has 2 aromatic rings. The van der Waals surface area contributed by atoms with E-state index in [0.717, 1.165) is 38.6 Å². The van der Waals surface area contributed by atoms with Gasteiger partial charge >= 0.3 is 59.4 Å². The topological polar surface area (TPSA) is 533 Å². The predicted octanol–water partition coefficient (Wildman–Crippen LogP) is 2.47. The van der Waals surface area contributed by atoms with Crippen molar-refractivity contribution in [1.29, 1.82) is 0 Å². The number of nitrogens with zero attached hydrogens (tertiary/aromatic N) is 2. The Morgan fingerprint density at radius 1 is 0.654 bits per heavy atom. The maximum Gasteiger partial charge on any atom is 1.00 e. The third-order valence-electron chi connectivity index (χ3n) is 11.5. The number of esters is 5. The van der Waals surface area contributed by atoms with Crippen molar-refractivity contribution in [3.8, 4) is 0 Å². The van der Waals surface area contributed by atoms with Crippen LogP contribution in [0.2, 0.25) is 0 Å². The normalized spacial score (nSPS) is 15.3. The quantitative estimate of drug-likeness (QED) is 0.0219. The van der Waals surface area contributed by atoms with Crippen LogP contribution in [0.25, 0.3) is 0 Å². The summed E-state index contributed by atoms with van der Waals surface area (Å²) in [5, 5.41) is 22.5. The van der Waals surface area contributed by atoms with Gasteiger partial charge in [0.25, 0.3) is 11.8 Å². The van der Waals surface area contributed by atoms with Crippen LogP contribution in [-0.2, 0) is 94.1 Å². The second kappa shape index (κ2) is 53.3. The number of Topliss-reactive ketones (excluding diaryl/α,β-unsaturated/α-hetero) is 3. The van der Waals surface area contributed by atoms with Crippen molar-refractivity contribution in [1.82, 2.24) is 42.7 Å². The number of rotatable bonds is 16. The molecule has 38 heteroatoms. The Morgan fingerprint density at radius 2 is 1.06 bits per heavy atom. The van der Waals surface area contributed by atoms with E-state index in [1.807, 2.05) is 55.4 Å². The number of fused-ring (bicyclic) bond motifs is 2. The second-order valence-corrected chi connectivity index (χ2v) is 30.6. The van der Waals surface area contributed by atoms with E-state index in [4.69, 9.17) is 37.6 Å². The summed E-state index contributed by atoms with van der Waals surface area (Å²) in [7, 11) is 0. The summed E-state index contributed by atoms with van der Waals surface area (Å²) in [6.07, 6.45) is 3.57. The van der Waals surface area contributed by atoms with Crippen LogP contribution >= 0.6 is 62.4 Å². The van der Waals surface area contributed by atoms with Crippen molar-refractivity contribution in [3.63, 3.8) is 0 Å². The van der Waals surface area contributed by atoms with Crippen molar-refractivity contribution in [2.24, 2.45) is 23.1 Å². The minimum atomic E-state index is -1.28. The van der Waals surface area contributed by atoms with Gasteiger partial charge in [0.2, 0.25) is 23.0 Å². The Morgan fingerprint density at radius 3 is 1.44 bits per heavy atom. The number of hydrogen-bond acceptors (Lipinski definition) is 28. The number of thiocarbonyl (C=S) groups is 1. The monoisotopic (exact) mass is 1620 g/mol. The number of anilines is 1. The van der Waals surface area contributed by atoms with E-state index >= 15 is 0 Å². The number of carbonyl (C=O) groups is 14. The molecule has 588 valence electrons. The molecule has 2 saturated heterocycles. The standard InChI is InChI=1S/C11H19NO4.C10H15NO4.C8H9BrN2OS.C8H11N3OS.C7H11NO2.C7H15NO2.C7H12O2.C5H7ClO3.C2H5O.CH4N2S.H3N.Na/c1-5-16-10(15)7-11(3,4)12-9(14)6-8(2)13;1-4-15-9(14)7-6(12)5-10(2,3)11-8(7)13;2*1-8(2)3-4-5(6(12)11-8)13-7(9)10-4;1-7(2)4-5(9)3-6(10)8-7;1-4-10-6(9)5-7(2,3)8;1-4-9-7(8)5-6(2)3;1-2-9-5(8)3-4(6)7;1-2-3;2-1(3)4;;/h5-7H2,1-4H3,(H,12,14);7H,4-5H2,1-3H3,(H,11,13);3H2,1-2H3,(H,11,12);3H2,1-2H3,(H2,9,10)(H,11,12);3-4H2,1-2H3,(H,8,10);4-5,8H2,1-3H3;5H,4H2,1-3H3;2-3H2,1H3;2H2,1H3;(H4,2,3,4);1H3;/q;;;;;;;;-1;;;+1. The van der Waals surface area contributed by atoms with E-state index in [2.05, 4.69) is 90.4 Å². The molecule has 32 nitrogen and oxygen atoms in total. The number of thiazole rings is 2. The molecule has 0 bridgehead atoms. The first kappa shape index (κ1) is 108. The number of carbonyl (C=O) groups excluding carboxylic acids is 14. The van der Waals surface area contributed by atoms with Crippen LogP contribution < -0.4 is 90.3 Å². The minimum absolute atomic E-state index is 0. The van der Waals surface area contributed by atoms with E-state index in [1.54, 1.807) is 83.1 Å². The Balaban J connectivity index is -0.000000261. The number of allylic oxidation sites excluding steroid dienone is 1. The van der Waals surface area contributed by atoms with E-state index in [0.29, 0.717) is 36.3 Å². The van der Waals surface area contributed by atoms with Gasteiger partial charge in [-0.05, 0) is 178 Å². The van der Waals surface area contributed by atoms with Gasteiger partial charge in [0, 0.05) is 65.0 Å². The van der Waals surface area contributed by atoms with Gasteiger partial charge in [0.15, 0.2) is 25.9 Å². The van der Waals surface area contributed by atoms with E-state index in [-0.39, 0.29) is 175 Å². The molecule has 2 fully saturated rings. The van der Waals surface area contributed by atoms with Gasteiger partial charge in [-0.2, -0.15) is 0 Å². The fourth-order valence-corrected chi connectivity index (χ4v) is 10.6. The van der Waals surface area contributed by atoms with Crippen molar-refractivity contribution in [2.45, 2.75) is 236 Å². The number of nitrogens with one attached hydrogen (secondary N) is 5. The summed E-state index contributed by atoms with van der Waals surface area (Å²) in [5.74, 6) is -5.14. The molecular formula is C66H111BrClN12NaO20S3. The molecule has 0 aromatic carbocycles. The predicted molar refractivity (Wildman–Crippen MR) is 398 cm³/mol. The van der Waals surface area contributed by atoms with Crippen molar-refractivity contribution in [2.75, 3.05) is 45.4 Å². The molecule has 6 heterocycles. The number of halogens is 2. The fourth-order valence-electron chi connectivity index (χ4n) is 8.33. The second-order valence-electron chi connectivity index (χ2n) is 26.4. The molecule has 4 aliphatic rings. The zero-order valence-corrected chi connectivity index (χ0v) is 71.1. The van der Waals surface area contributed by atoms with Gasteiger partial charge in [-0.1, -0.05) is 23.8 Å². The van der Waals surface area contributed by atoms with Gasteiger partial charge < -0.3 is 84.5 Å². The number of nitrogen functional groups attached to an aromatic ring is 1. The van der Waals surface area contributed by atoms with E-state index in [1.165, 1.54) is 35.7 Å². The third-order valence-corrected chi connectivity index (χ3v) is 14.2. The molecule has 104 heavy (non-hydrogen) atoms. The smallest absolute Gasteiger partial charge is 0.855 e. The Hall–Kier alpha value is -6.48. The molecule has 0 spiro atoms. The average molecular weight is 1630 g/mol. The fraction of sp³-hybridized carbons (Fsp3) is 0.652. The molecule has 1 atom stereocenters. The molecule has 4 aliphatic heterocycles. The first-order valence-corrected chi connectivity index (χ1v) is 35.3. The molecule has 16 N–H and O–H groups in total. The summed E-state index contributed by atoms with van der Waals surface area (Å²) in [5.41, 5.74) is 20.6. The maximum atomic E-state index is 11.6. The van der Waals surface area contributed by atoms with Crippen LogP contribution in [0.3, 0.4) is 0 Å². The number of hydrogen-bond donors (Lipinski definition) is 10. The number of piperidine rings is 2. The molecule has 1 unspecified atom stereocenters. The van der Waals surface area contributed by atoms with Crippen LogP contribution in [0.15, 0.2) is 15.6 Å². The van der Waals surface area contributed by atoms with E-state index < -0.39 is 45.6 Å². The Kier molecular flexibility index (Phi) is 55.6. The number of ether oxygens (including phenoxy) is 5. The van der Waals surface area contributed by atoms with E-state index in [9.17, 15) is 67.1 Å². The van der Waals surface area contributed by atoms with Gasteiger partial charge in [-0.25, -0.2) is 14.8 Å². The molecule has 6 rings (SSSR count). The van der Waals surface area contributed by atoms with Crippen molar-refractivity contribution < 1.29 is 125 Å². The van der Waals surface area contributed by atoms with Crippen LogP contribution in [0.1, 0.15) is 221 Å². The summed E-state index contributed by atoms with van der Waals surface area (Å²) >= 11 is 14.9. The van der Waals surface area contributed by atoms with Crippen molar-refractivity contribution in [3.05, 3.63) is 36.7 Å².